The zero-order valence-electron chi connectivity index (χ0n) is 15.7. The Morgan fingerprint density at radius 1 is 1.03 bits per heavy atom. The molecule has 0 aliphatic rings. The molecule has 0 radical (unpaired) electrons. The Balaban J connectivity index is 1.68. The zero-order valence-corrected chi connectivity index (χ0v) is 15.7. The van der Waals surface area contributed by atoms with Crippen LogP contribution in [0.3, 0.4) is 0 Å². The lowest BCUT2D eigenvalue weighted by molar-refractivity contribution is 0.0784. The molecule has 0 saturated carbocycles. The van der Waals surface area contributed by atoms with Gasteiger partial charge in [0.2, 0.25) is 0 Å². The van der Waals surface area contributed by atoms with Crippen molar-refractivity contribution >= 4 is 5.91 Å². The zero-order chi connectivity index (χ0) is 20.8. The molecule has 0 unspecified atom stereocenters. The van der Waals surface area contributed by atoms with Crippen molar-refractivity contribution in [1.82, 2.24) is 4.90 Å². The largest absolute Gasteiger partial charge is 0.489 e. The molecule has 29 heavy (non-hydrogen) atoms. The maximum atomic E-state index is 13.4. The smallest absolute Gasteiger partial charge is 0.254 e. The van der Waals surface area contributed by atoms with E-state index < -0.39 is 11.6 Å². The van der Waals surface area contributed by atoms with Gasteiger partial charge in [-0.05, 0) is 42.0 Å². The number of ether oxygens (including phenoxy) is 1. The van der Waals surface area contributed by atoms with Gasteiger partial charge in [0.1, 0.15) is 12.4 Å². The Morgan fingerprint density at radius 2 is 1.83 bits per heavy atom. The summed E-state index contributed by atoms with van der Waals surface area (Å²) in [5.74, 6) is -1.66. The summed E-state index contributed by atoms with van der Waals surface area (Å²) in [5, 5.41) is 9.15. The van der Waals surface area contributed by atoms with Crippen molar-refractivity contribution in [3.63, 3.8) is 0 Å². The van der Waals surface area contributed by atoms with Crippen molar-refractivity contribution in [3.8, 4) is 11.8 Å². The Morgan fingerprint density at radius 3 is 2.59 bits per heavy atom. The van der Waals surface area contributed by atoms with E-state index in [1.54, 1.807) is 43.4 Å². The molecule has 0 aliphatic carbocycles. The molecule has 1 amide bonds. The molecule has 3 rings (SSSR count). The molecule has 4 nitrogen and oxygen atoms in total. The minimum Gasteiger partial charge on any atom is -0.489 e. The van der Waals surface area contributed by atoms with Crippen molar-refractivity contribution in [2.24, 2.45) is 0 Å². The summed E-state index contributed by atoms with van der Waals surface area (Å²) in [6, 6.07) is 19.5. The third-order valence-corrected chi connectivity index (χ3v) is 4.36. The minimum atomic E-state index is -0.948. The molecule has 0 heterocycles. The first-order valence-corrected chi connectivity index (χ1v) is 8.88. The molecular weight excluding hydrogens is 374 g/mol. The lowest BCUT2D eigenvalue weighted by atomic mass is 10.1. The van der Waals surface area contributed by atoms with Crippen molar-refractivity contribution in [2.75, 3.05) is 7.05 Å². The van der Waals surface area contributed by atoms with Crippen LogP contribution < -0.4 is 4.74 Å². The average molecular weight is 392 g/mol. The Labute approximate surface area is 167 Å². The van der Waals surface area contributed by atoms with Gasteiger partial charge in [-0.15, -0.1) is 0 Å². The summed E-state index contributed by atoms with van der Waals surface area (Å²) in [4.78, 5) is 14.1. The molecule has 0 saturated heterocycles. The van der Waals surface area contributed by atoms with Gasteiger partial charge in [0, 0.05) is 24.7 Å². The maximum absolute atomic E-state index is 13.4. The Hall–Kier alpha value is -3.72. The number of amides is 1. The van der Waals surface area contributed by atoms with Gasteiger partial charge in [-0.2, -0.15) is 5.26 Å². The van der Waals surface area contributed by atoms with Crippen LogP contribution >= 0.6 is 0 Å². The SMILES string of the molecule is CN(Cc1ccc(F)c(F)c1)C(=O)c1cccc(OCc2ccccc2C#N)c1. The molecule has 146 valence electrons. The second-order valence-electron chi connectivity index (χ2n) is 6.50. The van der Waals surface area contributed by atoms with E-state index in [-0.39, 0.29) is 19.1 Å². The van der Waals surface area contributed by atoms with Crippen molar-refractivity contribution in [2.45, 2.75) is 13.2 Å². The quantitative estimate of drug-likeness (QED) is 0.612. The Kier molecular flexibility index (Phi) is 6.20. The Bertz CT molecular complexity index is 1080. The van der Waals surface area contributed by atoms with Gasteiger partial charge in [0.15, 0.2) is 11.6 Å². The van der Waals surface area contributed by atoms with Crippen molar-refractivity contribution in [1.29, 1.82) is 5.26 Å². The first-order valence-electron chi connectivity index (χ1n) is 8.88. The van der Waals surface area contributed by atoms with E-state index in [9.17, 15) is 13.6 Å². The van der Waals surface area contributed by atoms with E-state index in [0.717, 1.165) is 17.7 Å². The van der Waals surface area contributed by atoms with Crippen LogP contribution in [0.15, 0.2) is 66.7 Å². The molecule has 0 aromatic heterocycles. The molecule has 0 atom stereocenters. The highest BCUT2D eigenvalue weighted by molar-refractivity contribution is 5.94. The van der Waals surface area contributed by atoms with E-state index in [4.69, 9.17) is 10.00 Å². The van der Waals surface area contributed by atoms with Gasteiger partial charge in [-0.1, -0.05) is 30.3 Å². The highest BCUT2D eigenvalue weighted by atomic mass is 19.2. The number of carbonyl (C=O) groups is 1. The molecular formula is C23H18F2N2O2. The number of nitrogens with zero attached hydrogens (tertiary/aromatic N) is 2. The fourth-order valence-electron chi connectivity index (χ4n) is 2.84. The summed E-state index contributed by atoms with van der Waals surface area (Å²) in [6.45, 7) is 0.336. The van der Waals surface area contributed by atoms with E-state index in [1.165, 1.54) is 11.0 Å². The summed E-state index contributed by atoms with van der Waals surface area (Å²) in [7, 11) is 1.58. The predicted molar refractivity (Wildman–Crippen MR) is 104 cm³/mol. The van der Waals surface area contributed by atoms with Crippen LogP contribution in [-0.2, 0) is 13.2 Å². The maximum Gasteiger partial charge on any atom is 0.254 e. The van der Waals surface area contributed by atoms with Gasteiger partial charge in [0.05, 0.1) is 11.6 Å². The number of rotatable bonds is 6. The third kappa shape index (κ3) is 4.96. The van der Waals surface area contributed by atoms with E-state index in [2.05, 4.69) is 6.07 Å². The molecule has 0 bridgehead atoms. The summed E-state index contributed by atoms with van der Waals surface area (Å²) in [6.07, 6.45) is 0. The monoisotopic (exact) mass is 392 g/mol. The van der Waals surface area contributed by atoms with Gasteiger partial charge in [-0.25, -0.2) is 8.78 Å². The highest BCUT2D eigenvalue weighted by Gasteiger charge is 2.14. The number of carbonyl (C=O) groups excluding carboxylic acids is 1. The molecule has 0 fully saturated rings. The number of hydrogen-bond acceptors (Lipinski definition) is 3. The van der Waals surface area contributed by atoms with Gasteiger partial charge < -0.3 is 9.64 Å². The predicted octanol–water partition coefficient (Wildman–Crippen LogP) is 4.69. The van der Waals surface area contributed by atoms with E-state index in [1.807, 2.05) is 12.1 Å². The number of halogens is 2. The van der Waals surface area contributed by atoms with Gasteiger partial charge >= 0.3 is 0 Å². The summed E-state index contributed by atoms with van der Waals surface area (Å²) >= 11 is 0. The molecule has 0 aliphatic heterocycles. The number of hydrogen-bond donors (Lipinski definition) is 0. The van der Waals surface area contributed by atoms with Crippen molar-refractivity contribution in [3.05, 3.63) is 101 Å². The summed E-state index contributed by atoms with van der Waals surface area (Å²) in [5.41, 5.74) is 2.18. The first-order chi connectivity index (χ1) is 14.0. The van der Waals surface area contributed by atoms with Crippen LogP contribution in [0.1, 0.15) is 27.0 Å². The average Bonchev–Trinajstić information content (AvgIpc) is 2.74. The van der Waals surface area contributed by atoms with Crippen LogP contribution in [-0.4, -0.2) is 17.9 Å². The second kappa shape index (κ2) is 8.98. The molecule has 3 aromatic carbocycles. The minimum absolute atomic E-state index is 0.136. The lowest BCUT2D eigenvalue weighted by Gasteiger charge is -2.18. The molecule has 6 heteroatoms. The van der Waals surface area contributed by atoms with Crippen LogP contribution in [0.5, 0.6) is 5.75 Å². The molecule has 0 spiro atoms. The fraction of sp³-hybridized carbons (Fsp3) is 0.130. The van der Waals surface area contributed by atoms with Crippen LogP contribution in [0.4, 0.5) is 8.78 Å². The van der Waals surface area contributed by atoms with Crippen LogP contribution in [0.25, 0.3) is 0 Å². The van der Waals surface area contributed by atoms with E-state index in [0.29, 0.717) is 22.4 Å². The second-order valence-corrected chi connectivity index (χ2v) is 6.50. The normalized spacial score (nSPS) is 10.3. The molecule has 3 aromatic rings. The molecule has 0 N–H and O–H groups in total. The first kappa shape index (κ1) is 20.0. The van der Waals surface area contributed by atoms with Crippen LogP contribution in [0.2, 0.25) is 0 Å². The van der Waals surface area contributed by atoms with Crippen LogP contribution in [0, 0.1) is 23.0 Å². The third-order valence-electron chi connectivity index (χ3n) is 4.36. The number of nitriles is 1. The van der Waals surface area contributed by atoms with Gasteiger partial charge in [-0.3, -0.25) is 4.79 Å². The standard InChI is InChI=1S/C23H18F2N2O2/c1-27(14-16-9-10-21(24)22(25)11-16)23(28)17-7-4-8-20(12-17)29-15-19-6-3-2-5-18(19)13-26/h2-12H,14-15H2,1H3. The van der Waals surface area contributed by atoms with Crippen molar-refractivity contribution < 1.29 is 18.3 Å². The lowest BCUT2D eigenvalue weighted by Crippen LogP contribution is -2.26. The number of benzene rings is 3. The fourth-order valence-corrected chi connectivity index (χ4v) is 2.84. The summed E-state index contributed by atoms with van der Waals surface area (Å²) < 4.78 is 32.2. The van der Waals surface area contributed by atoms with E-state index >= 15 is 0 Å². The van der Waals surface area contributed by atoms with Gasteiger partial charge in [0.25, 0.3) is 5.91 Å². The highest BCUT2D eigenvalue weighted by Crippen LogP contribution is 2.19. The topological polar surface area (TPSA) is 53.3 Å².